The SMILES string of the molecule is Cc1cn2c(n1)CN(C(=O)c1cc(F)cc(F)c1)CC2. The quantitative estimate of drug-likeness (QED) is 0.801. The van der Waals surface area contributed by atoms with Gasteiger partial charge in [0.15, 0.2) is 0 Å². The second kappa shape index (κ2) is 4.70. The Morgan fingerprint density at radius 3 is 2.60 bits per heavy atom. The highest BCUT2D eigenvalue weighted by atomic mass is 19.1. The number of carbonyl (C=O) groups is 1. The molecule has 0 saturated carbocycles. The lowest BCUT2D eigenvalue weighted by atomic mass is 10.1. The van der Waals surface area contributed by atoms with Gasteiger partial charge in [-0.05, 0) is 19.1 Å². The molecule has 1 aromatic heterocycles. The van der Waals surface area contributed by atoms with Crippen LogP contribution >= 0.6 is 0 Å². The number of halogens is 2. The number of rotatable bonds is 1. The van der Waals surface area contributed by atoms with Crippen molar-refractivity contribution < 1.29 is 13.6 Å². The van der Waals surface area contributed by atoms with Gasteiger partial charge in [0, 0.05) is 30.9 Å². The maximum Gasteiger partial charge on any atom is 0.254 e. The van der Waals surface area contributed by atoms with Gasteiger partial charge in [-0.15, -0.1) is 0 Å². The van der Waals surface area contributed by atoms with Crippen molar-refractivity contribution in [2.24, 2.45) is 0 Å². The number of benzene rings is 1. The number of aromatic nitrogens is 2. The Morgan fingerprint density at radius 1 is 1.20 bits per heavy atom. The van der Waals surface area contributed by atoms with E-state index in [-0.39, 0.29) is 11.5 Å². The summed E-state index contributed by atoms with van der Waals surface area (Å²) in [7, 11) is 0. The zero-order valence-corrected chi connectivity index (χ0v) is 10.9. The molecule has 1 aliphatic rings. The second-order valence-electron chi connectivity index (χ2n) is 4.88. The largest absolute Gasteiger partial charge is 0.331 e. The smallest absolute Gasteiger partial charge is 0.254 e. The van der Waals surface area contributed by atoms with E-state index >= 15 is 0 Å². The first-order valence-electron chi connectivity index (χ1n) is 6.31. The van der Waals surface area contributed by atoms with Crippen molar-refractivity contribution in [3.05, 3.63) is 53.1 Å². The van der Waals surface area contributed by atoms with Crippen LogP contribution in [0.4, 0.5) is 8.78 Å². The third-order valence-corrected chi connectivity index (χ3v) is 3.32. The van der Waals surface area contributed by atoms with Gasteiger partial charge in [0.25, 0.3) is 5.91 Å². The van der Waals surface area contributed by atoms with E-state index < -0.39 is 11.6 Å². The Bertz CT molecular complexity index is 661. The van der Waals surface area contributed by atoms with Gasteiger partial charge in [0.2, 0.25) is 0 Å². The van der Waals surface area contributed by atoms with Gasteiger partial charge in [0.05, 0.1) is 12.2 Å². The zero-order chi connectivity index (χ0) is 14.3. The van der Waals surface area contributed by atoms with Gasteiger partial charge in [0.1, 0.15) is 17.5 Å². The second-order valence-corrected chi connectivity index (χ2v) is 4.88. The highest BCUT2D eigenvalue weighted by Gasteiger charge is 2.23. The van der Waals surface area contributed by atoms with E-state index in [0.29, 0.717) is 19.6 Å². The first-order chi connectivity index (χ1) is 9.52. The number of imidazole rings is 1. The molecule has 0 aliphatic carbocycles. The average Bonchev–Trinajstić information content (AvgIpc) is 2.75. The van der Waals surface area contributed by atoms with E-state index in [1.165, 1.54) is 0 Å². The van der Waals surface area contributed by atoms with Crippen molar-refractivity contribution in [3.63, 3.8) is 0 Å². The molecule has 2 heterocycles. The van der Waals surface area contributed by atoms with Gasteiger partial charge in [-0.1, -0.05) is 0 Å². The van der Waals surface area contributed by atoms with Crippen molar-refractivity contribution in [2.75, 3.05) is 6.54 Å². The lowest BCUT2D eigenvalue weighted by Crippen LogP contribution is -2.38. The highest BCUT2D eigenvalue weighted by Crippen LogP contribution is 2.17. The van der Waals surface area contributed by atoms with Crippen LogP contribution < -0.4 is 0 Å². The molecule has 1 aliphatic heterocycles. The molecular weight excluding hydrogens is 264 g/mol. The number of hydrogen-bond acceptors (Lipinski definition) is 2. The van der Waals surface area contributed by atoms with Crippen LogP contribution in [0.5, 0.6) is 0 Å². The van der Waals surface area contributed by atoms with E-state index in [0.717, 1.165) is 29.7 Å². The highest BCUT2D eigenvalue weighted by molar-refractivity contribution is 5.94. The Kier molecular flexibility index (Phi) is 3.00. The van der Waals surface area contributed by atoms with E-state index in [2.05, 4.69) is 4.98 Å². The maximum absolute atomic E-state index is 13.2. The number of carbonyl (C=O) groups excluding carboxylic acids is 1. The summed E-state index contributed by atoms with van der Waals surface area (Å²) in [6.45, 7) is 3.38. The summed E-state index contributed by atoms with van der Waals surface area (Å²) >= 11 is 0. The summed E-state index contributed by atoms with van der Waals surface area (Å²) in [5.74, 6) is -1.08. The Morgan fingerprint density at radius 2 is 1.90 bits per heavy atom. The Labute approximate surface area is 114 Å². The minimum atomic E-state index is -0.747. The summed E-state index contributed by atoms with van der Waals surface area (Å²) in [5.41, 5.74) is 0.922. The third-order valence-electron chi connectivity index (χ3n) is 3.32. The van der Waals surface area contributed by atoms with Gasteiger partial charge >= 0.3 is 0 Å². The van der Waals surface area contributed by atoms with Crippen LogP contribution in [-0.4, -0.2) is 26.9 Å². The molecule has 0 N–H and O–H groups in total. The molecule has 0 bridgehead atoms. The monoisotopic (exact) mass is 277 g/mol. The van der Waals surface area contributed by atoms with Crippen LogP contribution in [0.1, 0.15) is 21.9 Å². The van der Waals surface area contributed by atoms with Crippen LogP contribution in [0.3, 0.4) is 0 Å². The number of hydrogen-bond donors (Lipinski definition) is 0. The maximum atomic E-state index is 13.2. The van der Waals surface area contributed by atoms with Crippen LogP contribution in [0.15, 0.2) is 24.4 Å². The summed E-state index contributed by atoms with van der Waals surface area (Å²) < 4.78 is 28.3. The van der Waals surface area contributed by atoms with E-state index in [1.807, 2.05) is 17.7 Å². The van der Waals surface area contributed by atoms with E-state index in [4.69, 9.17) is 0 Å². The molecule has 3 rings (SSSR count). The molecule has 0 unspecified atom stereocenters. The predicted molar refractivity (Wildman–Crippen MR) is 68.1 cm³/mol. The number of nitrogens with zero attached hydrogens (tertiary/aromatic N) is 3. The van der Waals surface area contributed by atoms with E-state index in [1.54, 1.807) is 4.90 Å². The molecule has 0 fully saturated rings. The van der Waals surface area contributed by atoms with Gasteiger partial charge in [-0.3, -0.25) is 4.79 Å². The van der Waals surface area contributed by atoms with Crippen LogP contribution in [0.25, 0.3) is 0 Å². The minimum Gasteiger partial charge on any atom is -0.331 e. The number of aryl methyl sites for hydroxylation is 1. The summed E-state index contributed by atoms with van der Waals surface area (Å²) in [6.07, 6.45) is 1.93. The van der Waals surface area contributed by atoms with Gasteiger partial charge < -0.3 is 9.47 Å². The molecular formula is C14H13F2N3O. The zero-order valence-electron chi connectivity index (χ0n) is 10.9. The third kappa shape index (κ3) is 2.29. The first-order valence-corrected chi connectivity index (χ1v) is 6.31. The molecule has 0 radical (unpaired) electrons. The lowest BCUT2D eigenvalue weighted by Gasteiger charge is -2.27. The first kappa shape index (κ1) is 12.8. The van der Waals surface area contributed by atoms with Crippen molar-refractivity contribution in [3.8, 4) is 0 Å². The molecule has 4 nitrogen and oxygen atoms in total. The van der Waals surface area contributed by atoms with Crippen LogP contribution in [0.2, 0.25) is 0 Å². The average molecular weight is 277 g/mol. The van der Waals surface area contributed by atoms with Crippen molar-refractivity contribution in [2.45, 2.75) is 20.0 Å². The standard InChI is InChI=1S/C14H13F2N3O/c1-9-7-18-2-3-19(8-13(18)17-9)14(20)10-4-11(15)6-12(16)5-10/h4-7H,2-3,8H2,1H3. The molecule has 0 saturated heterocycles. The van der Waals surface area contributed by atoms with Crippen molar-refractivity contribution in [1.29, 1.82) is 0 Å². The van der Waals surface area contributed by atoms with E-state index in [9.17, 15) is 13.6 Å². The lowest BCUT2D eigenvalue weighted by molar-refractivity contribution is 0.0706. The van der Waals surface area contributed by atoms with Gasteiger partial charge in [-0.25, -0.2) is 13.8 Å². The minimum absolute atomic E-state index is 0.0271. The summed E-state index contributed by atoms with van der Waals surface area (Å²) in [6, 6.07) is 2.86. The summed E-state index contributed by atoms with van der Waals surface area (Å²) in [4.78, 5) is 18.2. The Hall–Kier alpha value is -2.24. The molecule has 0 spiro atoms. The number of fused-ring (bicyclic) bond motifs is 1. The topological polar surface area (TPSA) is 38.1 Å². The molecule has 1 amide bonds. The fraction of sp³-hybridized carbons (Fsp3) is 0.286. The molecule has 0 atom stereocenters. The molecule has 104 valence electrons. The fourth-order valence-electron chi connectivity index (χ4n) is 2.43. The normalized spacial score (nSPS) is 14.2. The predicted octanol–water partition coefficient (Wildman–Crippen LogP) is 2.13. The molecule has 20 heavy (non-hydrogen) atoms. The number of amides is 1. The Balaban J connectivity index is 1.85. The van der Waals surface area contributed by atoms with Gasteiger partial charge in [-0.2, -0.15) is 0 Å². The van der Waals surface area contributed by atoms with Crippen LogP contribution in [0, 0.1) is 18.6 Å². The molecule has 1 aromatic carbocycles. The molecule has 6 heteroatoms. The molecule has 2 aromatic rings. The van der Waals surface area contributed by atoms with Crippen molar-refractivity contribution >= 4 is 5.91 Å². The fourth-order valence-corrected chi connectivity index (χ4v) is 2.43. The summed E-state index contributed by atoms with van der Waals surface area (Å²) in [5, 5.41) is 0. The van der Waals surface area contributed by atoms with Crippen molar-refractivity contribution in [1.82, 2.24) is 14.5 Å². The van der Waals surface area contributed by atoms with Crippen LogP contribution in [-0.2, 0) is 13.1 Å².